The van der Waals surface area contributed by atoms with Gasteiger partial charge in [-0.05, 0) is 13.8 Å². The third-order valence-electron chi connectivity index (χ3n) is 2.38. The molecule has 0 bridgehead atoms. The van der Waals surface area contributed by atoms with Gasteiger partial charge in [-0.2, -0.15) is 4.98 Å². The van der Waals surface area contributed by atoms with E-state index in [4.69, 9.17) is 13.9 Å². The van der Waals surface area contributed by atoms with E-state index in [1.54, 1.807) is 6.92 Å². The summed E-state index contributed by atoms with van der Waals surface area (Å²) in [6.45, 7) is 4.25. The van der Waals surface area contributed by atoms with Crippen molar-refractivity contribution in [3.05, 3.63) is 36.0 Å². The molecule has 0 unspecified atom stereocenters. The van der Waals surface area contributed by atoms with Crippen LogP contribution in [0.5, 0.6) is 6.08 Å². The number of aromatic nitrogens is 1. The molecule has 5 heteroatoms. The summed E-state index contributed by atoms with van der Waals surface area (Å²) in [5.74, 6) is -0.154. The van der Waals surface area contributed by atoms with Gasteiger partial charge in [0.05, 0.1) is 13.2 Å². The van der Waals surface area contributed by atoms with Gasteiger partial charge in [0.2, 0.25) is 0 Å². The van der Waals surface area contributed by atoms with Crippen molar-refractivity contribution in [2.24, 2.45) is 0 Å². The molecule has 1 heterocycles. The minimum Gasteiger partial charge on any atom is -0.461 e. The predicted octanol–water partition coefficient (Wildman–Crippen LogP) is 2.92. The van der Waals surface area contributed by atoms with Crippen LogP contribution in [0.25, 0.3) is 11.3 Å². The third-order valence-corrected chi connectivity index (χ3v) is 2.38. The fourth-order valence-electron chi connectivity index (χ4n) is 1.61. The molecule has 0 saturated heterocycles. The Morgan fingerprint density at radius 1 is 1.21 bits per heavy atom. The van der Waals surface area contributed by atoms with Crippen LogP contribution >= 0.6 is 0 Å². The number of carbonyl (C=O) groups is 1. The lowest BCUT2D eigenvalue weighted by atomic mass is 10.1. The highest BCUT2D eigenvalue weighted by atomic mass is 16.6. The molecular weight excluding hydrogens is 246 g/mol. The lowest BCUT2D eigenvalue weighted by Crippen LogP contribution is -2.06. The molecular formula is C14H15NO4. The molecule has 1 aromatic carbocycles. The lowest BCUT2D eigenvalue weighted by Gasteiger charge is -2.00. The van der Waals surface area contributed by atoms with E-state index >= 15 is 0 Å². The number of rotatable bonds is 5. The van der Waals surface area contributed by atoms with Crippen molar-refractivity contribution in [2.75, 3.05) is 13.2 Å². The average Bonchev–Trinajstić information content (AvgIpc) is 2.85. The van der Waals surface area contributed by atoms with Crippen LogP contribution in [0.3, 0.4) is 0 Å². The van der Waals surface area contributed by atoms with Crippen molar-refractivity contribution in [3.8, 4) is 17.4 Å². The molecule has 2 aromatic rings. The van der Waals surface area contributed by atoms with Gasteiger partial charge in [0, 0.05) is 5.56 Å². The maximum absolute atomic E-state index is 11.9. The Morgan fingerprint density at radius 3 is 2.58 bits per heavy atom. The third kappa shape index (κ3) is 2.93. The van der Waals surface area contributed by atoms with Crippen LogP contribution in [-0.4, -0.2) is 24.2 Å². The Hall–Kier alpha value is -2.30. The van der Waals surface area contributed by atoms with Crippen LogP contribution in [0.15, 0.2) is 34.7 Å². The summed E-state index contributed by atoms with van der Waals surface area (Å²) in [5, 5.41) is 0. The summed E-state index contributed by atoms with van der Waals surface area (Å²) in [7, 11) is 0. The number of hydrogen-bond donors (Lipinski definition) is 0. The van der Waals surface area contributed by atoms with Gasteiger partial charge in [0.1, 0.15) is 0 Å². The molecule has 19 heavy (non-hydrogen) atoms. The first-order chi connectivity index (χ1) is 9.26. The molecule has 0 radical (unpaired) electrons. The minimum absolute atomic E-state index is 0.0735. The van der Waals surface area contributed by atoms with E-state index < -0.39 is 5.97 Å². The van der Waals surface area contributed by atoms with Crippen molar-refractivity contribution < 1.29 is 18.7 Å². The van der Waals surface area contributed by atoms with Crippen molar-refractivity contribution >= 4 is 5.97 Å². The average molecular weight is 261 g/mol. The summed E-state index contributed by atoms with van der Waals surface area (Å²) in [4.78, 5) is 15.9. The van der Waals surface area contributed by atoms with Crippen LogP contribution in [-0.2, 0) is 4.74 Å². The van der Waals surface area contributed by atoms with Gasteiger partial charge in [0.25, 0.3) is 0 Å². The van der Waals surface area contributed by atoms with Gasteiger partial charge >= 0.3 is 12.0 Å². The van der Waals surface area contributed by atoms with E-state index in [-0.39, 0.29) is 18.4 Å². The molecule has 1 aromatic heterocycles. The lowest BCUT2D eigenvalue weighted by molar-refractivity contribution is 0.0520. The van der Waals surface area contributed by atoms with Gasteiger partial charge < -0.3 is 13.9 Å². The Morgan fingerprint density at radius 2 is 1.95 bits per heavy atom. The Bertz CT molecular complexity index is 548. The molecule has 0 aliphatic rings. The summed E-state index contributed by atoms with van der Waals surface area (Å²) < 4.78 is 15.6. The van der Waals surface area contributed by atoms with E-state index in [0.29, 0.717) is 12.4 Å². The molecule has 2 rings (SSSR count). The normalized spacial score (nSPS) is 10.2. The summed E-state index contributed by atoms with van der Waals surface area (Å²) >= 11 is 0. The second kappa shape index (κ2) is 6.04. The predicted molar refractivity (Wildman–Crippen MR) is 69.1 cm³/mol. The molecule has 0 aliphatic carbocycles. The first kappa shape index (κ1) is 13.1. The number of oxazole rings is 1. The summed E-state index contributed by atoms with van der Waals surface area (Å²) in [5.41, 5.74) is 0.889. The molecule has 0 amide bonds. The highest BCUT2D eigenvalue weighted by Crippen LogP contribution is 2.28. The molecule has 5 nitrogen and oxygen atoms in total. The van der Waals surface area contributed by atoms with Crippen LogP contribution in [0.2, 0.25) is 0 Å². The molecule has 100 valence electrons. The zero-order valence-electron chi connectivity index (χ0n) is 10.9. The number of ether oxygens (including phenoxy) is 2. The van der Waals surface area contributed by atoms with Crippen LogP contribution in [0.4, 0.5) is 0 Å². The first-order valence-electron chi connectivity index (χ1n) is 6.12. The zero-order chi connectivity index (χ0) is 13.7. The van der Waals surface area contributed by atoms with Crippen molar-refractivity contribution in [2.45, 2.75) is 13.8 Å². The number of esters is 1. The van der Waals surface area contributed by atoms with Crippen molar-refractivity contribution in [1.82, 2.24) is 4.98 Å². The fourth-order valence-corrected chi connectivity index (χ4v) is 1.61. The first-order valence-corrected chi connectivity index (χ1v) is 6.12. The van der Waals surface area contributed by atoms with E-state index in [2.05, 4.69) is 4.98 Å². The van der Waals surface area contributed by atoms with E-state index in [1.165, 1.54) is 0 Å². The number of hydrogen-bond acceptors (Lipinski definition) is 5. The van der Waals surface area contributed by atoms with E-state index in [0.717, 1.165) is 5.56 Å². The Balaban J connectivity index is 2.42. The van der Waals surface area contributed by atoms with Crippen LogP contribution in [0.1, 0.15) is 24.3 Å². The molecule has 0 spiro atoms. The van der Waals surface area contributed by atoms with Crippen LogP contribution < -0.4 is 4.74 Å². The zero-order valence-corrected chi connectivity index (χ0v) is 10.9. The van der Waals surface area contributed by atoms with Crippen molar-refractivity contribution in [3.63, 3.8) is 0 Å². The van der Waals surface area contributed by atoms with Gasteiger partial charge in [-0.25, -0.2) is 4.79 Å². The smallest absolute Gasteiger partial charge is 0.394 e. The second-order valence-corrected chi connectivity index (χ2v) is 3.68. The highest BCUT2D eigenvalue weighted by Gasteiger charge is 2.23. The topological polar surface area (TPSA) is 61.6 Å². The van der Waals surface area contributed by atoms with Gasteiger partial charge in [-0.3, -0.25) is 0 Å². The maximum atomic E-state index is 11.9. The Labute approximate surface area is 111 Å². The molecule has 0 fully saturated rings. The van der Waals surface area contributed by atoms with E-state index in [1.807, 2.05) is 37.3 Å². The Kier molecular flexibility index (Phi) is 4.18. The maximum Gasteiger partial charge on any atom is 0.394 e. The van der Waals surface area contributed by atoms with Gasteiger partial charge in [0.15, 0.2) is 11.5 Å². The fraction of sp³-hybridized carbons (Fsp3) is 0.286. The van der Waals surface area contributed by atoms with Crippen molar-refractivity contribution in [1.29, 1.82) is 0 Å². The second-order valence-electron chi connectivity index (χ2n) is 3.68. The van der Waals surface area contributed by atoms with Gasteiger partial charge in [-0.15, -0.1) is 0 Å². The molecule has 0 aliphatic heterocycles. The highest BCUT2D eigenvalue weighted by molar-refractivity contribution is 5.93. The van der Waals surface area contributed by atoms with Crippen LogP contribution in [0, 0.1) is 0 Å². The number of nitrogens with zero attached hydrogens (tertiary/aromatic N) is 1. The summed E-state index contributed by atoms with van der Waals surface area (Å²) in [6, 6.07) is 9.26. The SMILES string of the molecule is CCOC(=O)c1nc(OCC)oc1-c1ccccc1. The molecule has 0 saturated carbocycles. The quantitative estimate of drug-likeness (QED) is 0.774. The monoisotopic (exact) mass is 261 g/mol. The summed E-state index contributed by atoms with van der Waals surface area (Å²) in [6.07, 6.45) is 0.0735. The standard InChI is InChI=1S/C14H15NO4/c1-3-17-13(16)11-12(10-8-6-5-7-9-10)19-14(15-11)18-4-2/h5-9H,3-4H2,1-2H3. The largest absolute Gasteiger partial charge is 0.461 e. The molecule has 0 N–H and O–H groups in total. The number of carbonyl (C=O) groups excluding carboxylic acids is 1. The number of benzene rings is 1. The minimum atomic E-state index is -0.518. The van der Waals surface area contributed by atoms with Gasteiger partial charge in [-0.1, -0.05) is 30.3 Å². The van der Waals surface area contributed by atoms with E-state index in [9.17, 15) is 4.79 Å². The molecule has 0 atom stereocenters.